The molecule has 1 rings (SSSR count). The molecule has 0 atom stereocenters. The molecule has 0 spiro atoms. The standard InChI is InChI=1S/C15H23N3O3/c1-5-18(6-2)15(16)17-10-11-7-8-13(20-3)12(9-11)14(19)21-4/h7-9H,5-6,10H2,1-4H3,(H2,16,17). The maximum absolute atomic E-state index is 11.7. The van der Waals surface area contributed by atoms with E-state index in [9.17, 15) is 4.79 Å². The molecule has 0 saturated heterocycles. The first kappa shape index (κ1) is 16.8. The van der Waals surface area contributed by atoms with Crippen LogP contribution < -0.4 is 10.5 Å². The van der Waals surface area contributed by atoms with Gasteiger partial charge >= 0.3 is 5.97 Å². The van der Waals surface area contributed by atoms with E-state index in [1.807, 2.05) is 24.8 Å². The highest BCUT2D eigenvalue weighted by atomic mass is 16.5. The molecular weight excluding hydrogens is 270 g/mol. The second-order valence-corrected chi connectivity index (χ2v) is 4.37. The molecule has 2 N–H and O–H groups in total. The summed E-state index contributed by atoms with van der Waals surface area (Å²) in [5, 5.41) is 0. The number of hydrogen-bond acceptors (Lipinski definition) is 4. The van der Waals surface area contributed by atoms with E-state index in [0.717, 1.165) is 18.7 Å². The van der Waals surface area contributed by atoms with Gasteiger partial charge < -0.3 is 20.1 Å². The van der Waals surface area contributed by atoms with E-state index in [1.54, 1.807) is 12.1 Å². The lowest BCUT2D eigenvalue weighted by Crippen LogP contribution is -2.37. The molecule has 116 valence electrons. The first-order valence-corrected chi connectivity index (χ1v) is 6.87. The van der Waals surface area contributed by atoms with Crippen LogP contribution in [0.4, 0.5) is 0 Å². The lowest BCUT2D eigenvalue weighted by Gasteiger charge is -2.19. The third-order valence-electron chi connectivity index (χ3n) is 3.18. The van der Waals surface area contributed by atoms with Crippen molar-refractivity contribution in [3.8, 4) is 5.75 Å². The number of carbonyl (C=O) groups excluding carboxylic acids is 1. The Morgan fingerprint density at radius 3 is 2.48 bits per heavy atom. The molecule has 0 amide bonds. The molecule has 6 nitrogen and oxygen atoms in total. The van der Waals surface area contributed by atoms with Crippen LogP contribution >= 0.6 is 0 Å². The summed E-state index contributed by atoms with van der Waals surface area (Å²) in [6.07, 6.45) is 0. The zero-order valence-corrected chi connectivity index (χ0v) is 13.0. The number of ether oxygens (including phenoxy) is 2. The van der Waals surface area contributed by atoms with Gasteiger partial charge in [-0.05, 0) is 31.5 Å². The number of guanidine groups is 1. The Morgan fingerprint density at radius 1 is 1.29 bits per heavy atom. The van der Waals surface area contributed by atoms with Crippen molar-refractivity contribution < 1.29 is 14.3 Å². The zero-order valence-electron chi connectivity index (χ0n) is 13.0. The summed E-state index contributed by atoms with van der Waals surface area (Å²) in [5.41, 5.74) is 7.18. The molecule has 0 aliphatic heterocycles. The predicted molar refractivity (Wildman–Crippen MR) is 82.6 cm³/mol. The highest BCUT2D eigenvalue weighted by molar-refractivity contribution is 5.92. The van der Waals surface area contributed by atoms with E-state index in [0.29, 0.717) is 23.8 Å². The third-order valence-corrected chi connectivity index (χ3v) is 3.18. The molecule has 1 aromatic rings. The molecule has 0 fully saturated rings. The lowest BCUT2D eigenvalue weighted by molar-refractivity contribution is 0.0597. The van der Waals surface area contributed by atoms with Gasteiger partial charge in [-0.1, -0.05) is 6.07 Å². The SMILES string of the molecule is CCN(CC)C(N)=NCc1ccc(OC)c(C(=O)OC)c1. The van der Waals surface area contributed by atoms with Crippen molar-refractivity contribution in [2.75, 3.05) is 27.3 Å². The van der Waals surface area contributed by atoms with E-state index in [1.165, 1.54) is 14.2 Å². The Morgan fingerprint density at radius 2 is 1.95 bits per heavy atom. The van der Waals surface area contributed by atoms with Gasteiger partial charge in [0.15, 0.2) is 5.96 Å². The molecule has 6 heteroatoms. The third kappa shape index (κ3) is 4.37. The lowest BCUT2D eigenvalue weighted by atomic mass is 10.1. The van der Waals surface area contributed by atoms with Gasteiger partial charge in [-0.15, -0.1) is 0 Å². The largest absolute Gasteiger partial charge is 0.496 e. The van der Waals surface area contributed by atoms with Gasteiger partial charge in [0.25, 0.3) is 0 Å². The molecule has 0 aromatic heterocycles. The van der Waals surface area contributed by atoms with E-state index in [2.05, 4.69) is 4.99 Å². The Kier molecular flexibility index (Phi) is 6.52. The molecule has 0 heterocycles. The highest BCUT2D eigenvalue weighted by Gasteiger charge is 2.13. The van der Waals surface area contributed by atoms with Crippen molar-refractivity contribution in [3.63, 3.8) is 0 Å². The van der Waals surface area contributed by atoms with Crippen LogP contribution in [0, 0.1) is 0 Å². The molecule has 0 radical (unpaired) electrons. The van der Waals surface area contributed by atoms with Crippen LogP contribution in [0.1, 0.15) is 29.8 Å². The van der Waals surface area contributed by atoms with Crippen molar-refractivity contribution in [1.82, 2.24) is 4.90 Å². The van der Waals surface area contributed by atoms with Crippen molar-refractivity contribution in [2.24, 2.45) is 10.7 Å². The van der Waals surface area contributed by atoms with E-state index >= 15 is 0 Å². The zero-order chi connectivity index (χ0) is 15.8. The minimum Gasteiger partial charge on any atom is -0.496 e. The van der Waals surface area contributed by atoms with Gasteiger partial charge in [0, 0.05) is 13.1 Å². The van der Waals surface area contributed by atoms with Crippen LogP contribution in [0.5, 0.6) is 5.75 Å². The number of carbonyl (C=O) groups is 1. The average molecular weight is 293 g/mol. The van der Waals surface area contributed by atoms with E-state index in [-0.39, 0.29) is 0 Å². The summed E-state index contributed by atoms with van der Waals surface area (Å²) in [5.74, 6) is 0.538. The molecule has 0 aliphatic rings. The Balaban J connectivity index is 2.95. The van der Waals surface area contributed by atoms with Crippen molar-refractivity contribution in [3.05, 3.63) is 29.3 Å². The number of methoxy groups -OCH3 is 2. The minimum absolute atomic E-state index is 0.383. The van der Waals surface area contributed by atoms with E-state index in [4.69, 9.17) is 15.2 Å². The topological polar surface area (TPSA) is 77.1 Å². The average Bonchev–Trinajstić information content (AvgIpc) is 2.52. The second kappa shape index (κ2) is 8.14. The number of hydrogen-bond donors (Lipinski definition) is 1. The van der Waals surface area contributed by atoms with Crippen molar-refractivity contribution in [2.45, 2.75) is 20.4 Å². The van der Waals surface area contributed by atoms with Gasteiger partial charge in [0.1, 0.15) is 11.3 Å². The summed E-state index contributed by atoms with van der Waals surface area (Å²) in [7, 11) is 2.85. The summed E-state index contributed by atoms with van der Waals surface area (Å²) >= 11 is 0. The fourth-order valence-electron chi connectivity index (χ4n) is 1.94. The highest BCUT2D eigenvalue weighted by Crippen LogP contribution is 2.21. The fourth-order valence-corrected chi connectivity index (χ4v) is 1.94. The first-order valence-electron chi connectivity index (χ1n) is 6.87. The Hall–Kier alpha value is -2.24. The molecule has 1 aromatic carbocycles. The van der Waals surface area contributed by atoms with Gasteiger partial charge in [-0.2, -0.15) is 0 Å². The van der Waals surface area contributed by atoms with Gasteiger partial charge in [0.05, 0.1) is 20.8 Å². The van der Waals surface area contributed by atoms with Crippen LogP contribution in [0.15, 0.2) is 23.2 Å². The van der Waals surface area contributed by atoms with Crippen LogP contribution in [0.2, 0.25) is 0 Å². The van der Waals surface area contributed by atoms with Crippen LogP contribution in [0.3, 0.4) is 0 Å². The maximum Gasteiger partial charge on any atom is 0.341 e. The molecule has 21 heavy (non-hydrogen) atoms. The van der Waals surface area contributed by atoms with Crippen molar-refractivity contribution in [1.29, 1.82) is 0 Å². The minimum atomic E-state index is -0.436. The normalized spacial score (nSPS) is 11.1. The maximum atomic E-state index is 11.7. The second-order valence-electron chi connectivity index (χ2n) is 4.37. The molecule has 0 aliphatic carbocycles. The van der Waals surface area contributed by atoms with Gasteiger partial charge in [-0.25, -0.2) is 9.79 Å². The Labute approximate surface area is 125 Å². The number of benzene rings is 1. The van der Waals surface area contributed by atoms with Gasteiger partial charge in [-0.3, -0.25) is 0 Å². The number of nitrogens with zero attached hydrogens (tertiary/aromatic N) is 2. The summed E-state index contributed by atoms with van der Waals surface area (Å²) in [6, 6.07) is 5.29. The quantitative estimate of drug-likeness (QED) is 0.490. The van der Waals surface area contributed by atoms with E-state index < -0.39 is 5.97 Å². The van der Waals surface area contributed by atoms with Crippen LogP contribution in [-0.4, -0.2) is 44.1 Å². The summed E-state index contributed by atoms with van der Waals surface area (Å²) in [4.78, 5) is 18.0. The van der Waals surface area contributed by atoms with Crippen LogP contribution in [-0.2, 0) is 11.3 Å². The predicted octanol–water partition coefficient (Wildman–Crippen LogP) is 1.64. The van der Waals surface area contributed by atoms with Crippen molar-refractivity contribution >= 4 is 11.9 Å². The molecule has 0 unspecified atom stereocenters. The van der Waals surface area contributed by atoms with Crippen LogP contribution in [0.25, 0.3) is 0 Å². The fraction of sp³-hybridized carbons (Fsp3) is 0.467. The molecule has 0 saturated carbocycles. The number of aliphatic imine (C=N–C) groups is 1. The summed E-state index contributed by atoms with van der Waals surface area (Å²) in [6.45, 7) is 6.06. The smallest absolute Gasteiger partial charge is 0.341 e. The first-order chi connectivity index (χ1) is 10.1. The number of nitrogens with two attached hydrogens (primary N) is 1. The summed E-state index contributed by atoms with van der Waals surface area (Å²) < 4.78 is 9.90. The monoisotopic (exact) mass is 293 g/mol. The molecular formula is C15H23N3O3. The van der Waals surface area contributed by atoms with Gasteiger partial charge in [0.2, 0.25) is 0 Å². The number of esters is 1. The molecule has 0 bridgehead atoms. The number of rotatable bonds is 6. The Bertz CT molecular complexity index is 511.